The molecule has 4 heterocycles. The summed E-state index contributed by atoms with van der Waals surface area (Å²) in [6, 6.07) is 0. The maximum absolute atomic E-state index is 12.3. The third-order valence-corrected chi connectivity index (χ3v) is 6.62. The minimum absolute atomic E-state index is 0.314. The molecule has 5 atom stereocenters. The molecular formula is C20H28O5. The van der Waals surface area contributed by atoms with Gasteiger partial charge in [0, 0.05) is 11.1 Å². The van der Waals surface area contributed by atoms with Crippen molar-refractivity contribution in [2.24, 2.45) is 0 Å². The highest BCUT2D eigenvalue weighted by Crippen LogP contribution is 2.58. The van der Waals surface area contributed by atoms with E-state index >= 15 is 0 Å². The van der Waals surface area contributed by atoms with Gasteiger partial charge in [0.1, 0.15) is 5.60 Å². The first-order chi connectivity index (χ1) is 11.7. The van der Waals surface area contributed by atoms with Crippen LogP contribution in [0.2, 0.25) is 0 Å². The van der Waals surface area contributed by atoms with Gasteiger partial charge in [-0.15, -0.1) is 0 Å². The second kappa shape index (κ2) is 5.41. The third-order valence-electron chi connectivity index (χ3n) is 6.62. The number of rotatable bonds is 0. The molecule has 0 aromatic carbocycles. The van der Waals surface area contributed by atoms with E-state index in [1.165, 1.54) is 5.57 Å². The fourth-order valence-corrected chi connectivity index (χ4v) is 4.83. The van der Waals surface area contributed by atoms with Gasteiger partial charge in [-0.1, -0.05) is 11.6 Å². The SMILES string of the molecule is CC1=C2CC/C(C)=C/CC[C@]3(C)O[C@H]4[C@@]2(OC1=O)O[C@]4(C)CC[C@H]3O. The van der Waals surface area contributed by atoms with Crippen molar-refractivity contribution >= 4 is 5.97 Å². The summed E-state index contributed by atoms with van der Waals surface area (Å²) in [5.41, 5.74) is 1.63. The molecule has 138 valence electrons. The van der Waals surface area contributed by atoms with E-state index in [2.05, 4.69) is 13.0 Å². The molecule has 25 heavy (non-hydrogen) atoms. The highest BCUT2D eigenvalue weighted by atomic mass is 16.8. The van der Waals surface area contributed by atoms with Gasteiger partial charge in [0.15, 0.2) is 6.10 Å². The summed E-state index contributed by atoms with van der Waals surface area (Å²) in [7, 11) is 0. The van der Waals surface area contributed by atoms with Crippen molar-refractivity contribution in [1.82, 2.24) is 0 Å². The Kier molecular flexibility index (Phi) is 3.74. The average Bonchev–Trinajstić information content (AvgIpc) is 2.75. The zero-order chi connectivity index (χ0) is 18.0. The van der Waals surface area contributed by atoms with Crippen LogP contribution in [0.5, 0.6) is 0 Å². The van der Waals surface area contributed by atoms with Crippen molar-refractivity contribution < 1.29 is 24.1 Å². The summed E-state index contributed by atoms with van der Waals surface area (Å²) in [6.07, 6.45) is 5.80. The van der Waals surface area contributed by atoms with Crippen molar-refractivity contribution in [1.29, 1.82) is 0 Å². The predicted octanol–water partition coefficient (Wildman–Crippen LogP) is 3.16. The molecule has 0 amide bonds. The van der Waals surface area contributed by atoms with Gasteiger partial charge < -0.3 is 19.3 Å². The summed E-state index contributed by atoms with van der Waals surface area (Å²) in [6.45, 7) is 7.91. The van der Waals surface area contributed by atoms with E-state index in [1.54, 1.807) is 0 Å². The lowest BCUT2D eigenvalue weighted by atomic mass is 9.76. The zero-order valence-corrected chi connectivity index (χ0v) is 15.6. The molecule has 4 rings (SSSR count). The Morgan fingerprint density at radius 1 is 1.16 bits per heavy atom. The van der Waals surface area contributed by atoms with Crippen molar-refractivity contribution in [3.63, 3.8) is 0 Å². The molecule has 5 nitrogen and oxygen atoms in total. The molecule has 0 aromatic heterocycles. The van der Waals surface area contributed by atoms with Crippen LogP contribution in [0.15, 0.2) is 22.8 Å². The maximum Gasteiger partial charge on any atom is 0.336 e. The first-order valence-electron chi connectivity index (χ1n) is 9.35. The number of fused-ring (bicyclic) bond motifs is 1. The predicted molar refractivity (Wildman–Crippen MR) is 91.8 cm³/mol. The van der Waals surface area contributed by atoms with Gasteiger partial charge in [-0.3, -0.25) is 0 Å². The lowest BCUT2D eigenvalue weighted by Gasteiger charge is -2.58. The minimum Gasteiger partial charge on any atom is -0.422 e. The number of ether oxygens (including phenoxy) is 3. The second-order valence-electron chi connectivity index (χ2n) is 8.53. The smallest absolute Gasteiger partial charge is 0.336 e. The highest BCUT2D eigenvalue weighted by molar-refractivity contribution is 5.92. The summed E-state index contributed by atoms with van der Waals surface area (Å²) in [5.74, 6) is -1.42. The molecular weight excluding hydrogens is 320 g/mol. The molecule has 0 unspecified atom stereocenters. The van der Waals surface area contributed by atoms with Gasteiger partial charge in [0.25, 0.3) is 5.79 Å². The zero-order valence-electron chi connectivity index (χ0n) is 15.6. The Morgan fingerprint density at radius 2 is 1.92 bits per heavy atom. The average molecular weight is 348 g/mol. The molecule has 2 fully saturated rings. The van der Waals surface area contributed by atoms with E-state index in [1.807, 2.05) is 20.8 Å². The molecule has 0 aliphatic carbocycles. The summed E-state index contributed by atoms with van der Waals surface area (Å²) >= 11 is 0. The Balaban J connectivity index is 1.82. The number of aliphatic hydroxyl groups is 1. The monoisotopic (exact) mass is 348 g/mol. The minimum atomic E-state index is -1.11. The summed E-state index contributed by atoms with van der Waals surface area (Å²) in [5, 5.41) is 10.7. The Hall–Kier alpha value is -1.17. The standard InChI is InChI=1S/C20H28O5/c1-12-6-5-10-18(3)15(21)9-11-19(4)17(24-18)20(25-19)14(8-7-12)13(2)16(22)23-20/h6,15,17,21H,5,7-11H2,1-4H3/b12-6+/t15-,17-,18+,19-,20+/m1/s1. The van der Waals surface area contributed by atoms with Crippen LogP contribution in [0, 0.1) is 0 Å². The fourth-order valence-electron chi connectivity index (χ4n) is 4.83. The number of carbonyl (C=O) groups is 1. The number of esters is 1. The van der Waals surface area contributed by atoms with Gasteiger partial charge in [0.2, 0.25) is 0 Å². The van der Waals surface area contributed by atoms with Crippen LogP contribution in [-0.4, -0.2) is 40.3 Å². The molecule has 0 radical (unpaired) electrons. The van der Waals surface area contributed by atoms with Crippen molar-refractivity contribution in [3.05, 3.63) is 22.8 Å². The number of aliphatic hydroxyl groups excluding tert-OH is 1. The molecule has 1 spiro atoms. The van der Waals surface area contributed by atoms with Gasteiger partial charge in [-0.25, -0.2) is 4.79 Å². The maximum atomic E-state index is 12.3. The van der Waals surface area contributed by atoms with Crippen LogP contribution in [0.25, 0.3) is 0 Å². The van der Waals surface area contributed by atoms with E-state index in [0.29, 0.717) is 18.4 Å². The van der Waals surface area contributed by atoms with Gasteiger partial charge in [0.05, 0.1) is 11.7 Å². The summed E-state index contributed by atoms with van der Waals surface area (Å²) < 4.78 is 18.6. The first kappa shape index (κ1) is 17.3. The van der Waals surface area contributed by atoms with Crippen LogP contribution in [0.4, 0.5) is 0 Å². The summed E-state index contributed by atoms with van der Waals surface area (Å²) in [4.78, 5) is 12.3. The Bertz CT molecular complexity index is 680. The van der Waals surface area contributed by atoms with E-state index < -0.39 is 23.1 Å². The van der Waals surface area contributed by atoms with E-state index in [4.69, 9.17) is 14.2 Å². The quantitative estimate of drug-likeness (QED) is 0.538. The largest absolute Gasteiger partial charge is 0.422 e. The second-order valence-corrected chi connectivity index (χ2v) is 8.53. The molecule has 4 aliphatic rings. The van der Waals surface area contributed by atoms with Crippen molar-refractivity contribution in [2.75, 3.05) is 0 Å². The fraction of sp³-hybridized carbons (Fsp3) is 0.750. The lowest BCUT2D eigenvalue weighted by molar-refractivity contribution is -0.419. The van der Waals surface area contributed by atoms with Crippen LogP contribution in [-0.2, 0) is 19.0 Å². The Labute approximate surface area is 149 Å². The first-order valence-corrected chi connectivity index (χ1v) is 9.35. The van der Waals surface area contributed by atoms with Crippen LogP contribution < -0.4 is 0 Å². The van der Waals surface area contributed by atoms with Crippen LogP contribution >= 0.6 is 0 Å². The topological polar surface area (TPSA) is 65.0 Å². The molecule has 2 bridgehead atoms. The van der Waals surface area contributed by atoms with Gasteiger partial charge >= 0.3 is 5.97 Å². The van der Waals surface area contributed by atoms with E-state index in [9.17, 15) is 9.90 Å². The Morgan fingerprint density at radius 3 is 2.68 bits per heavy atom. The van der Waals surface area contributed by atoms with Gasteiger partial charge in [-0.2, -0.15) is 0 Å². The lowest BCUT2D eigenvalue weighted by Crippen LogP contribution is -2.73. The van der Waals surface area contributed by atoms with Crippen LogP contribution in [0.3, 0.4) is 0 Å². The van der Waals surface area contributed by atoms with E-state index in [0.717, 1.165) is 31.3 Å². The molecule has 0 aromatic rings. The number of allylic oxidation sites excluding steroid dienone is 2. The van der Waals surface area contributed by atoms with Gasteiger partial charge in [-0.05, 0) is 66.2 Å². The molecule has 0 saturated carbocycles. The normalized spacial score (nSPS) is 49.2. The number of hydrogen-bond acceptors (Lipinski definition) is 5. The van der Waals surface area contributed by atoms with Crippen molar-refractivity contribution in [2.45, 2.75) is 95.4 Å². The molecule has 5 heteroatoms. The van der Waals surface area contributed by atoms with Crippen LogP contribution in [0.1, 0.15) is 66.2 Å². The third kappa shape index (κ3) is 2.36. The molecule has 1 N–H and O–H groups in total. The molecule has 4 aliphatic heterocycles. The van der Waals surface area contributed by atoms with E-state index in [-0.39, 0.29) is 12.1 Å². The van der Waals surface area contributed by atoms with Crippen molar-refractivity contribution in [3.8, 4) is 0 Å². The molecule has 2 saturated heterocycles. The highest BCUT2D eigenvalue weighted by Gasteiger charge is 2.72. The number of hydrogen-bond donors (Lipinski definition) is 1. The number of carbonyl (C=O) groups excluding carboxylic acids is 1.